The highest BCUT2D eigenvalue weighted by Gasteiger charge is 2.69. The van der Waals surface area contributed by atoms with Crippen LogP contribution in [0.3, 0.4) is 0 Å². The SMILES string of the molecule is C=CC(=O)N1CCC(C(=O)N(C)[C@H](C(=O)[N+]2=C[C@@]23Cc2cc(O)cc(c2)-c2ccc4c(c2)c(c(-c2ccccc2CCOC)n4CC)CC(C)(C)COC(=O)[C@@H]2CCCN(C3=O)N2C)C(C)C)CC1. The van der Waals surface area contributed by atoms with Crippen LogP contribution >= 0.6 is 0 Å². The van der Waals surface area contributed by atoms with E-state index >= 15 is 9.59 Å². The van der Waals surface area contributed by atoms with Gasteiger partial charge in [-0.25, -0.2) is 9.80 Å². The Kier molecular flexibility index (Phi) is 14.1. The van der Waals surface area contributed by atoms with E-state index in [1.54, 1.807) is 54.5 Å². The number of amides is 4. The van der Waals surface area contributed by atoms with Gasteiger partial charge in [0.15, 0.2) is 6.04 Å². The number of ether oxygens (including phenoxy) is 2. The van der Waals surface area contributed by atoms with Crippen molar-refractivity contribution in [3.8, 4) is 28.1 Å². The predicted octanol–water partition coefficient (Wildman–Crippen LogP) is 6.67. The molecule has 1 aromatic heterocycles. The van der Waals surface area contributed by atoms with Gasteiger partial charge in [-0.05, 0) is 110 Å². The van der Waals surface area contributed by atoms with E-state index < -0.39 is 34.9 Å². The molecular formula is C55H69N6O8+. The number of hydrazine groups is 1. The van der Waals surface area contributed by atoms with Crippen molar-refractivity contribution in [3.05, 3.63) is 90.0 Å². The van der Waals surface area contributed by atoms with E-state index in [0.29, 0.717) is 70.5 Å². The number of benzene rings is 3. The van der Waals surface area contributed by atoms with Crippen molar-refractivity contribution in [2.24, 2.45) is 17.3 Å². The minimum Gasteiger partial charge on any atom is -0.508 e. The molecule has 2 saturated heterocycles. The summed E-state index contributed by atoms with van der Waals surface area (Å²) in [5, 5.41) is 15.8. The lowest BCUT2D eigenvalue weighted by atomic mass is 9.83. The smallest absolute Gasteiger partial charge is 0.411 e. The van der Waals surface area contributed by atoms with Crippen LogP contribution in [-0.4, -0.2) is 142 Å². The number of phenols is 1. The van der Waals surface area contributed by atoms with Crippen molar-refractivity contribution in [1.82, 2.24) is 24.4 Å². The van der Waals surface area contributed by atoms with Crippen LogP contribution in [0.2, 0.25) is 0 Å². The van der Waals surface area contributed by atoms with E-state index in [1.807, 2.05) is 19.9 Å². The summed E-state index contributed by atoms with van der Waals surface area (Å²) in [4.78, 5) is 74.2. The van der Waals surface area contributed by atoms with Crippen LogP contribution in [0, 0.1) is 17.3 Å². The molecule has 1 N–H and O–H groups in total. The number of aromatic hydroxyl groups is 1. The average molecular weight is 942 g/mol. The first-order valence-electron chi connectivity index (χ1n) is 24.6. The number of aryl methyl sites for hydroxylation is 1. The number of carbonyl (C=O) groups excluding carboxylic acids is 5. The number of methoxy groups -OCH3 is 1. The van der Waals surface area contributed by atoms with Crippen molar-refractivity contribution in [3.63, 3.8) is 0 Å². The molecule has 4 aromatic rings. The monoisotopic (exact) mass is 942 g/mol. The van der Waals surface area contributed by atoms with Crippen molar-refractivity contribution < 1.29 is 43.1 Å². The molecule has 4 aliphatic heterocycles. The van der Waals surface area contributed by atoms with Crippen LogP contribution < -0.4 is 0 Å². The lowest BCUT2D eigenvalue weighted by Gasteiger charge is -2.41. The second kappa shape index (κ2) is 19.7. The maximum absolute atomic E-state index is 15.3. The Bertz CT molecular complexity index is 2710. The van der Waals surface area contributed by atoms with E-state index in [9.17, 15) is 19.5 Å². The van der Waals surface area contributed by atoms with Gasteiger partial charge in [-0.3, -0.25) is 24.2 Å². The highest BCUT2D eigenvalue weighted by atomic mass is 16.5. The molecule has 3 aromatic carbocycles. The Morgan fingerprint density at radius 3 is 2.43 bits per heavy atom. The Balaban J connectivity index is 1.22. The lowest BCUT2D eigenvalue weighted by molar-refractivity contribution is -0.424. The quantitative estimate of drug-likeness (QED) is 0.105. The van der Waals surface area contributed by atoms with Crippen LogP contribution in [0.25, 0.3) is 33.3 Å². The number of cyclic esters (lactones) is 1. The lowest BCUT2D eigenvalue weighted by Crippen LogP contribution is -2.61. The summed E-state index contributed by atoms with van der Waals surface area (Å²) in [6.45, 7) is 16.3. The molecule has 0 aliphatic carbocycles. The van der Waals surface area contributed by atoms with Gasteiger partial charge in [0.1, 0.15) is 11.8 Å². The molecule has 6 bridgehead atoms. The van der Waals surface area contributed by atoms with E-state index in [2.05, 4.69) is 74.4 Å². The first-order chi connectivity index (χ1) is 32.9. The summed E-state index contributed by atoms with van der Waals surface area (Å²) >= 11 is 0. The molecule has 0 unspecified atom stereocenters. The van der Waals surface area contributed by atoms with Crippen molar-refractivity contribution >= 4 is 46.7 Å². The summed E-state index contributed by atoms with van der Waals surface area (Å²) in [5.74, 6) is -2.24. The second-order valence-corrected chi connectivity index (χ2v) is 20.6. The number of aromatic nitrogens is 1. The molecule has 14 heteroatoms. The van der Waals surface area contributed by atoms with Crippen molar-refractivity contribution in [2.75, 3.05) is 54.1 Å². The van der Waals surface area contributed by atoms with Gasteiger partial charge in [-0.15, -0.1) is 4.58 Å². The number of piperidine rings is 1. The molecular weight excluding hydrogens is 873 g/mol. The van der Waals surface area contributed by atoms with Gasteiger partial charge in [0.2, 0.25) is 18.0 Å². The van der Waals surface area contributed by atoms with E-state index in [-0.39, 0.29) is 48.3 Å². The third-order valence-corrected chi connectivity index (χ3v) is 14.9. The molecule has 1 spiro atoms. The molecule has 3 atom stereocenters. The topological polar surface area (TPSA) is 145 Å². The van der Waals surface area contributed by atoms with Crippen LogP contribution in [0.4, 0.5) is 0 Å². The summed E-state index contributed by atoms with van der Waals surface area (Å²) < 4.78 is 15.6. The number of likely N-dealkylation sites (N-methyl/N-ethyl adjacent to an activating group) is 2. The number of fused-ring (bicyclic) bond motifs is 6. The number of hydrogen-bond acceptors (Lipinski definition) is 9. The molecule has 0 radical (unpaired) electrons. The fraction of sp³-hybridized carbons (Fsp3) is 0.491. The fourth-order valence-electron chi connectivity index (χ4n) is 11.2. The van der Waals surface area contributed by atoms with Crippen molar-refractivity contribution in [1.29, 1.82) is 0 Å². The third-order valence-electron chi connectivity index (χ3n) is 14.9. The number of esters is 1. The van der Waals surface area contributed by atoms with Crippen LogP contribution in [-0.2, 0) is 59.3 Å². The molecule has 366 valence electrons. The maximum Gasteiger partial charge on any atom is 0.411 e. The number of rotatable bonds is 10. The molecule has 4 aliphatic rings. The first kappa shape index (κ1) is 49.3. The summed E-state index contributed by atoms with van der Waals surface area (Å²) in [6, 6.07) is 18.5. The second-order valence-electron chi connectivity index (χ2n) is 20.6. The normalized spacial score (nSPS) is 21.5. The van der Waals surface area contributed by atoms with E-state index in [0.717, 1.165) is 45.3 Å². The zero-order valence-corrected chi connectivity index (χ0v) is 41.6. The Morgan fingerprint density at radius 2 is 1.74 bits per heavy atom. The number of nitrogens with zero attached hydrogens (tertiary/aromatic N) is 6. The molecule has 14 nitrogen and oxygen atoms in total. The predicted molar refractivity (Wildman–Crippen MR) is 265 cm³/mol. The van der Waals surface area contributed by atoms with E-state index in [1.165, 1.54) is 21.1 Å². The van der Waals surface area contributed by atoms with Gasteiger partial charge in [-0.1, -0.05) is 70.7 Å². The minimum atomic E-state index is -1.50. The Hall–Kier alpha value is -6.12. The molecule has 4 amide bonds. The molecule has 5 heterocycles. The number of hydrogen-bond donors (Lipinski definition) is 1. The zero-order chi connectivity index (χ0) is 49.5. The van der Waals surface area contributed by atoms with Gasteiger partial charge >= 0.3 is 23.3 Å². The van der Waals surface area contributed by atoms with Crippen LogP contribution in [0.15, 0.2) is 73.3 Å². The van der Waals surface area contributed by atoms with Gasteiger partial charge in [0.05, 0.1) is 25.3 Å². The molecule has 8 rings (SSSR count). The zero-order valence-electron chi connectivity index (χ0n) is 41.6. The Labute approximate surface area is 406 Å². The van der Waals surface area contributed by atoms with Gasteiger partial charge in [0.25, 0.3) is 0 Å². The average Bonchev–Trinajstić information content (AvgIpc) is 3.99. The number of likely N-dealkylation sites (tertiary alicyclic amines) is 1. The van der Waals surface area contributed by atoms with Gasteiger partial charge < -0.3 is 28.9 Å². The summed E-state index contributed by atoms with van der Waals surface area (Å²) in [5.41, 5.74) is 5.82. The molecule has 0 saturated carbocycles. The minimum absolute atomic E-state index is 0.0162. The fourth-order valence-corrected chi connectivity index (χ4v) is 11.2. The highest BCUT2D eigenvalue weighted by Crippen LogP contribution is 2.42. The van der Waals surface area contributed by atoms with Gasteiger partial charge in [-0.2, -0.15) is 0 Å². The van der Waals surface area contributed by atoms with Crippen LogP contribution in [0.1, 0.15) is 77.0 Å². The van der Waals surface area contributed by atoms with Gasteiger partial charge in [0, 0.05) is 75.2 Å². The van der Waals surface area contributed by atoms with E-state index in [4.69, 9.17) is 9.47 Å². The third kappa shape index (κ3) is 9.49. The summed E-state index contributed by atoms with van der Waals surface area (Å²) in [6.07, 6.45) is 6.22. The first-order valence-corrected chi connectivity index (χ1v) is 24.6. The number of carbonyl (C=O) groups is 5. The highest BCUT2D eigenvalue weighted by molar-refractivity contribution is 6.10. The standard InChI is InChI=1S/C55H68N6O8/c1-10-47(63)58-24-20-38(21-25-58)50(64)56(7)48(35(3)4)51(65)60-33-55(60)31-36-27-40(29-41(62)28-36)39-18-19-45-43(30-39)44(49(59(45)11-2)42-16-13-12-15-37(42)22-26-68-9)32-54(5,6)34-69-52(66)46-17-14-23-61(53(55)67)57(46)8/h10,12-13,15-16,18-19,27-30,33,35,38,46,48H,1,11,14,17,20-26,31-32,34H2,2-9H3/p+1/t46-,48-,55+/m0/s1. The molecule has 69 heavy (non-hydrogen) atoms. The van der Waals surface area contributed by atoms with Crippen LogP contribution in [0.5, 0.6) is 5.75 Å². The Morgan fingerprint density at radius 1 is 1.00 bits per heavy atom. The number of phenolic OH excluding ortho intramolecular Hbond substituents is 1. The maximum atomic E-state index is 15.3. The largest absolute Gasteiger partial charge is 0.508 e. The summed E-state index contributed by atoms with van der Waals surface area (Å²) in [7, 11) is 5.08. The van der Waals surface area contributed by atoms with Crippen molar-refractivity contribution in [2.45, 2.75) is 104 Å². The molecule has 2 fully saturated rings.